The Hall–Kier alpha value is -7.48. The minimum atomic E-state index is -1.87. The second-order valence-electron chi connectivity index (χ2n) is 17.9. The molecule has 10 amide bonds. The number of primary amides is 1. The zero-order valence-electron chi connectivity index (χ0n) is 40.2. The first-order valence-electron chi connectivity index (χ1n) is 23.3. The van der Waals surface area contributed by atoms with Gasteiger partial charge in [0.1, 0.15) is 48.3 Å². The van der Waals surface area contributed by atoms with Crippen LogP contribution in [0.1, 0.15) is 58.1 Å². The van der Waals surface area contributed by atoms with Crippen molar-refractivity contribution in [1.29, 1.82) is 0 Å². The van der Waals surface area contributed by atoms with E-state index >= 15 is 0 Å². The molecule has 1 aliphatic rings. The fourth-order valence-electron chi connectivity index (χ4n) is 7.65. The number of carbonyl (C=O) groups is 10. The van der Waals surface area contributed by atoms with E-state index in [1.165, 1.54) is 6.92 Å². The van der Waals surface area contributed by atoms with Gasteiger partial charge in [-0.1, -0.05) is 62.4 Å². The fraction of sp³-hybridized carbons (Fsp3) is 0.489. The van der Waals surface area contributed by atoms with Crippen LogP contribution < -0.4 is 53.6 Å². The van der Waals surface area contributed by atoms with Gasteiger partial charge in [-0.15, -0.1) is 0 Å². The molecule has 1 saturated heterocycles. The van der Waals surface area contributed by atoms with Crippen molar-refractivity contribution in [3.63, 3.8) is 0 Å². The van der Waals surface area contributed by atoms with Crippen molar-refractivity contribution < 1.29 is 68.4 Å². The van der Waals surface area contributed by atoms with Gasteiger partial charge in [0, 0.05) is 36.4 Å². The number of nitrogens with two attached hydrogens (primary N) is 1. The van der Waals surface area contributed by atoms with E-state index in [0.29, 0.717) is 11.1 Å². The van der Waals surface area contributed by atoms with E-state index in [1.54, 1.807) is 74.6 Å². The van der Waals surface area contributed by atoms with E-state index in [1.807, 2.05) is 0 Å². The zero-order chi connectivity index (χ0) is 53.2. The summed E-state index contributed by atoms with van der Waals surface area (Å²) in [6, 6.07) is 3.13. The van der Waals surface area contributed by atoms with Crippen LogP contribution in [0.25, 0.3) is 10.9 Å². The number of H-pyrrole nitrogens is 1. The van der Waals surface area contributed by atoms with Gasteiger partial charge in [-0.3, -0.25) is 47.9 Å². The Balaban J connectivity index is 1.47. The Bertz CT molecular complexity index is 2410. The summed E-state index contributed by atoms with van der Waals surface area (Å²) in [5.41, 5.74) is 7.00. The van der Waals surface area contributed by atoms with Gasteiger partial charge in [0.25, 0.3) is 0 Å². The van der Waals surface area contributed by atoms with Crippen LogP contribution in [0.4, 0.5) is 0 Å². The predicted octanol–water partition coefficient (Wildman–Crippen LogP) is -4.98. The molecule has 1 aromatic heterocycles. The summed E-state index contributed by atoms with van der Waals surface area (Å²) >= 11 is 0. The molecule has 72 heavy (non-hydrogen) atoms. The van der Waals surface area contributed by atoms with Crippen molar-refractivity contribution in [2.75, 3.05) is 19.8 Å². The number of para-hydroxylation sites is 1. The third-order valence-electron chi connectivity index (χ3n) is 11.5. The van der Waals surface area contributed by atoms with E-state index in [4.69, 9.17) is 5.73 Å². The first kappa shape index (κ1) is 57.1. The largest absolute Gasteiger partial charge is 0.394 e. The van der Waals surface area contributed by atoms with Gasteiger partial charge in [-0.05, 0) is 49.8 Å². The van der Waals surface area contributed by atoms with E-state index in [2.05, 4.69) is 52.8 Å². The second-order valence-corrected chi connectivity index (χ2v) is 17.9. The molecule has 25 heteroatoms. The first-order valence-corrected chi connectivity index (χ1v) is 23.3. The third-order valence-corrected chi connectivity index (χ3v) is 11.5. The van der Waals surface area contributed by atoms with Crippen LogP contribution in [0, 0.1) is 5.92 Å². The summed E-state index contributed by atoms with van der Waals surface area (Å²) < 4.78 is 0. The minimum absolute atomic E-state index is 0.110. The molecule has 0 unspecified atom stereocenters. The lowest BCUT2D eigenvalue weighted by Crippen LogP contribution is -2.63. The van der Waals surface area contributed by atoms with Gasteiger partial charge in [0.15, 0.2) is 0 Å². The lowest BCUT2D eigenvalue weighted by Gasteiger charge is -2.29. The third kappa shape index (κ3) is 16.8. The van der Waals surface area contributed by atoms with Crippen molar-refractivity contribution in [2.45, 2.75) is 120 Å². The molecule has 3 aromatic rings. The van der Waals surface area contributed by atoms with Gasteiger partial charge < -0.3 is 79.0 Å². The zero-order valence-corrected chi connectivity index (χ0v) is 40.2. The highest BCUT2D eigenvalue weighted by atomic mass is 16.3. The minimum Gasteiger partial charge on any atom is -0.394 e. The fourth-order valence-corrected chi connectivity index (χ4v) is 7.65. The highest BCUT2D eigenvalue weighted by Gasteiger charge is 2.37. The lowest BCUT2D eigenvalue weighted by molar-refractivity contribution is -0.138. The molecule has 10 atom stereocenters. The number of nitrogens with one attached hydrogen (secondary N) is 10. The van der Waals surface area contributed by atoms with Crippen molar-refractivity contribution in [3.05, 3.63) is 71.9 Å². The SMILES string of the molecule is CC(C)C[C@H](NC(=O)[C@@H]1CCC(=O)N1)C(=O)N[C@H](C(=O)N[C@@H](Cc1ccccc1)C(=O)N[C@H](C(=O)N[C@@H](CO)C(=O)N[C@@H](CO)C(=O)N[C@@H](Cc1c[nH]c2ccccc12)C(=O)NCC(N)=O)[C@@H](C)O)[C@@H](C)O. The Kier molecular flexibility index (Phi) is 21.6. The van der Waals surface area contributed by atoms with E-state index < -0.39 is 133 Å². The summed E-state index contributed by atoms with van der Waals surface area (Å²) in [6.45, 7) is 3.19. The quantitative estimate of drug-likeness (QED) is 0.0340. The van der Waals surface area contributed by atoms with E-state index in [9.17, 15) is 68.4 Å². The van der Waals surface area contributed by atoms with E-state index in [-0.39, 0.29) is 43.9 Å². The van der Waals surface area contributed by atoms with Crippen molar-refractivity contribution in [1.82, 2.24) is 52.8 Å². The number of aromatic amines is 1. The molecular weight excluding hydrogens is 943 g/mol. The predicted molar refractivity (Wildman–Crippen MR) is 256 cm³/mol. The molecule has 0 spiro atoms. The monoisotopic (exact) mass is 1010 g/mol. The number of aliphatic hydroxyl groups excluding tert-OH is 4. The second kappa shape index (κ2) is 27.2. The smallest absolute Gasteiger partial charge is 0.245 e. The molecule has 2 heterocycles. The molecule has 2 aromatic carbocycles. The van der Waals surface area contributed by atoms with Gasteiger partial charge >= 0.3 is 0 Å². The molecule has 4 rings (SSSR count). The number of aromatic nitrogens is 1. The van der Waals surface area contributed by atoms with Crippen LogP contribution in [0.3, 0.4) is 0 Å². The number of hydrogen-bond donors (Lipinski definition) is 15. The van der Waals surface area contributed by atoms with Crippen molar-refractivity contribution in [2.24, 2.45) is 11.7 Å². The summed E-state index contributed by atoms with van der Waals surface area (Å²) in [7, 11) is 0. The maximum absolute atomic E-state index is 14.0. The molecule has 1 aliphatic heterocycles. The van der Waals surface area contributed by atoms with Crippen LogP contribution in [-0.4, -0.2) is 165 Å². The number of rotatable bonds is 27. The van der Waals surface area contributed by atoms with Gasteiger partial charge in [0.2, 0.25) is 59.1 Å². The summed E-state index contributed by atoms with van der Waals surface area (Å²) in [5, 5.41) is 64.0. The summed E-state index contributed by atoms with van der Waals surface area (Å²) in [6.07, 6.45) is -1.54. The van der Waals surface area contributed by atoms with Gasteiger partial charge in [-0.2, -0.15) is 0 Å². The van der Waals surface area contributed by atoms with Gasteiger partial charge in [-0.25, -0.2) is 0 Å². The summed E-state index contributed by atoms with van der Waals surface area (Å²) in [5.74, 6) is -9.26. The molecular formula is C47H65N11O14. The van der Waals surface area contributed by atoms with Crippen LogP contribution in [0.2, 0.25) is 0 Å². The average Bonchev–Trinajstić information content (AvgIpc) is 3.97. The molecule has 25 nitrogen and oxygen atoms in total. The molecule has 0 radical (unpaired) electrons. The van der Waals surface area contributed by atoms with Gasteiger partial charge in [0.05, 0.1) is 32.0 Å². The Labute approximate surface area is 413 Å². The molecule has 392 valence electrons. The number of benzene rings is 2. The normalized spacial score (nSPS) is 17.0. The number of hydrogen-bond acceptors (Lipinski definition) is 14. The lowest BCUT2D eigenvalue weighted by atomic mass is 10.0. The van der Waals surface area contributed by atoms with Crippen molar-refractivity contribution >= 4 is 70.0 Å². The topological polar surface area (TPSA) is 402 Å². The standard InChI is InChI=1S/C47H65N11O14/c1-23(2)16-31(52-41(66)30-14-15-37(64)51-30)42(67)57-38(24(3)61)46(71)54-32(17-26-10-6-5-7-11-26)43(68)58-39(25(4)62)47(72)56-35(22-60)45(70)55-34(21-59)44(69)53-33(40(65)50-20-36(48)63)18-27-19-49-29-13-9-8-12-28(27)29/h5-13,19,23-25,30-35,38-39,49,59-62H,14-18,20-22H2,1-4H3,(H2,48,63)(H,50,65)(H,51,64)(H,52,66)(H,53,69)(H,54,71)(H,55,70)(H,56,72)(H,57,67)(H,58,68)/t24-,25-,30+,31+,32+,33+,34+,35+,38+,39+/m1/s1. The highest BCUT2D eigenvalue weighted by Crippen LogP contribution is 2.19. The molecule has 16 N–H and O–H groups in total. The summed E-state index contributed by atoms with van der Waals surface area (Å²) in [4.78, 5) is 134. The average molecular weight is 1010 g/mol. The Morgan fingerprint density at radius 2 is 1.12 bits per heavy atom. The number of amides is 10. The van der Waals surface area contributed by atoms with Crippen LogP contribution in [0.15, 0.2) is 60.8 Å². The number of fused-ring (bicyclic) bond motifs is 1. The molecule has 0 saturated carbocycles. The Morgan fingerprint density at radius 3 is 1.65 bits per heavy atom. The first-order chi connectivity index (χ1) is 34.1. The molecule has 0 bridgehead atoms. The molecule has 0 aliphatic carbocycles. The van der Waals surface area contributed by atoms with E-state index in [0.717, 1.165) is 17.8 Å². The van der Waals surface area contributed by atoms with Crippen molar-refractivity contribution in [3.8, 4) is 0 Å². The van der Waals surface area contributed by atoms with Crippen LogP contribution >= 0.6 is 0 Å². The maximum Gasteiger partial charge on any atom is 0.245 e. The van der Waals surface area contributed by atoms with Crippen LogP contribution in [-0.2, 0) is 60.8 Å². The Morgan fingerprint density at radius 1 is 0.625 bits per heavy atom. The highest BCUT2D eigenvalue weighted by molar-refractivity contribution is 5.99. The molecule has 1 fully saturated rings. The maximum atomic E-state index is 14.0. The van der Waals surface area contributed by atoms with Crippen LogP contribution in [0.5, 0.6) is 0 Å². The number of aliphatic hydroxyl groups is 4. The number of carbonyl (C=O) groups excluding carboxylic acids is 10.